The molecule has 0 saturated heterocycles. The Bertz CT molecular complexity index is 546. The van der Waals surface area contributed by atoms with Crippen LogP contribution in [0.2, 0.25) is 0 Å². The summed E-state index contributed by atoms with van der Waals surface area (Å²) in [7, 11) is 3.40. The summed E-state index contributed by atoms with van der Waals surface area (Å²) in [5, 5.41) is 0. The SMILES string of the molecule is C=CC1CC(=NC)C(c2ccc(OC)c(C)c2)C1=O. The van der Waals surface area contributed by atoms with Gasteiger partial charge in [-0.1, -0.05) is 18.2 Å². The molecule has 2 rings (SSSR count). The fraction of sp³-hybridized carbons (Fsp3) is 0.375. The maximum Gasteiger partial charge on any atom is 0.153 e. The second kappa shape index (κ2) is 5.39. The van der Waals surface area contributed by atoms with Crippen LogP contribution in [0.1, 0.15) is 23.5 Å². The van der Waals surface area contributed by atoms with E-state index in [-0.39, 0.29) is 17.6 Å². The number of Topliss-reactive ketones (excluding diaryl/α,β-unsaturated/α-hetero) is 1. The Hall–Kier alpha value is -1.90. The van der Waals surface area contributed by atoms with Crippen molar-refractivity contribution in [3.8, 4) is 5.75 Å². The Kier molecular flexibility index (Phi) is 3.84. The van der Waals surface area contributed by atoms with Gasteiger partial charge in [-0.05, 0) is 30.5 Å². The Morgan fingerprint density at radius 1 is 1.47 bits per heavy atom. The highest BCUT2D eigenvalue weighted by atomic mass is 16.5. The second-order valence-corrected chi connectivity index (χ2v) is 4.83. The third-order valence-electron chi connectivity index (χ3n) is 3.74. The number of aliphatic imine (C=N–C) groups is 1. The quantitative estimate of drug-likeness (QED) is 0.781. The van der Waals surface area contributed by atoms with Crippen molar-refractivity contribution in [1.29, 1.82) is 0 Å². The normalized spacial score (nSPS) is 24.8. The van der Waals surface area contributed by atoms with Crippen molar-refractivity contribution in [2.24, 2.45) is 10.9 Å². The van der Waals surface area contributed by atoms with Crippen molar-refractivity contribution in [2.75, 3.05) is 14.2 Å². The highest BCUT2D eigenvalue weighted by Gasteiger charge is 2.38. The maximum absolute atomic E-state index is 12.4. The van der Waals surface area contributed by atoms with E-state index in [0.29, 0.717) is 6.42 Å². The summed E-state index contributed by atoms with van der Waals surface area (Å²) in [5.41, 5.74) is 2.97. The number of hydrogen-bond acceptors (Lipinski definition) is 3. The summed E-state index contributed by atoms with van der Waals surface area (Å²) in [6, 6.07) is 5.87. The molecular weight excluding hydrogens is 238 g/mol. The van der Waals surface area contributed by atoms with E-state index in [1.165, 1.54) is 0 Å². The lowest BCUT2D eigenvalue weighted by molar-refractivity contribution is -0.120. The number of rotatable bonds is 3. The first-order valence-electron chi connectivity index (χ1n) is 6.38. The third-order valence-corrected chi connectivity index (χ3v) is 3.74. The number of allylic oxidation sites excluding steroid dienone is 1. The van der Waals surface area contributed by atoms with E-state index < -0.39 is 0 Å². The van der Waals surface area contributed by atoms with Gasteiger partial charge in [-0.2, -0.15) is 0 Å². The summed E-state index contributed by atoms with van der Waals surface area (Å²) in [6.45, 7) is 5.72. The number of hydrogen-bond donors (Lipinski definition) is 0. The molecule has 1 aliphatic carbocycles. The monoisotopic (exact) mass is 257 g/mol. The molecule has 0 N–H and O–H groups in total. The van der Waals surface area contributed by atoms with Gasteiger partial charge in [-0.25, -0.2) is 0 Å². The Morgan fingerprint density at radius 3 is 2.74 bits per heavy atom. The predicted molar refractivity (Wildman–Crippen MR) is 77.1 cm³/mol. The molecule has 3 nitrogen and oxygen atoms in total. The number of aryl methyl sites for hydroxylation is 1. The lowest BCUT2D eigenvalue weighted by Gasteiger charge is -2.13. The van der Waals surface area contributed by atoms with Crippen LogP contribution in [0.15, 0.2) is 35.8 Å². The zero-order valence-electron chi connectivity index (χ0n) is 11.6. The van der Waals surface area contributed by atoms with Gasteiger partial charge in [0, 0.05) is 18.7 Å². The lowest BCUT2D eigenvalue weighted by atomic mass is 9.92. The summed E-state index contributed by atoms with van der Waals surface area (Å²) < 4.78 is 5.25. The molecule has 0 spiro atoms. The number of ether oxygens (including phenoxy) is 1. The predicted octanol–water partition coefficient (Wildman–Crippen LogP) is 2.93. The van der Waals surface area contributed by atoms with Crippen LogP contribution in [-0.2, 0) is 4.79 Å². The number of nitrogens with zero attached hydrogens (tertiary/aromatic N) is 1. The fourth-order valence-electron chi connectivity index (χ4n) is 2.68. The molecular formula is C16H19NO2. The third kappa shape index (κ3) is 2.33. The molecule has 1 aromatic carbocycles. The molecule has 3 heteroatoms. The van der Waals surface area contributed by atoms with Crippen molar-refractivity contribution in [1.82, 2.24) is 0 Å². The average Bonchev–Trinajstić information content (AvgIpc) is 2.74. The van der Waals surface area contributed by atoms with E-state index in [1.807, 2.05) is 25.1 Å². The van der Waals surface area contributed by atoms with Crippen LogP contribution in [0.3, 0.4) is 0 Å². The van der Waals surface area contributed by atoms with Crippen LogP contribution >= 0.6 is 0 Å². The van der Waals surface area contributed by atoms with Gasteiger partial charge >= 0.3 is 0 Å². The molecule has 1 saturated carbocycles. The highest BCUT2D eigenvalue weighted by Crippen LogP contribution is 2.35. The topological polar surface area (TPSA) is 38.7 Å². The van der Waals surface area contributed by atoms with Gasteiger partial charge in [0.25, 0.3) is 0 Å². The molecule has 2 unspecified atom stereocenters. The van der Waals surface area contributed by atoms with Crippen LogP contribution in [0.25, 0.3) is 0 Å². The van der Waals surface area contributed by atoms with Crippen molar-refractivity contribution >= 4 is 11.5 Å². The van der Waals surface area contributed by atoms with Crippen LogP contribution < -0.4 is 4.74 Å². The van der Waals surface area contributed by atoms with Gasteiger partial charge in [0.1, 0.15) is 5.75 Å². The first-order chi connectivity index (χ1) is 9.12. The van der Waals surface area contributed by atoms with Crippen molar-refractivity contribution in [3.63, 3.8) is 0 Å². The fourth-order valence-corrected chi connectivity index (χ4v) is 2.68. The van der Waals surface area contributed by atoms with Crippen molar-refractivity contribution in [2.45, 2.75) is 19.3 Å². The van der Waals surface area contributed by atoms with Gasteiger partial charge in [0.05, 0.1) is 13.0 Å². The van der Waals surface area contributed by atoms with Crippen LogP contribution in [0.5, 0.6) is 5.75 Å². The van der Waals surface area contributed by atoms with Gasteiger partial charge in [-0.3, -0.25) is 9.79 Å². The second-order valence-electron chi connectivity index (χ2n) is 4.83. The van der Waals surface area contributed by atoms with E-state index in [4.69, 9.17) is 4.74 Å². The minimum Gasteiger partial charge on any atom is -0.496 e. The van der Waals surface area contributed by atoms with E-state index in [2.05, 4.69) is 11.6 Å². The van der Waals surface area contributed by atoms with Gasteiger partial charge in [0.15, 0.2) is 5.78 Å². The average molecular weight is 257 g/mol. The Balaban J connectivity index is 2.42. The maximum atomic E-state index is 12.4. The number of benzene rings is 1. The van der Waals surface area contributed by atoms with E-state index >= 15 is 0 Å². The molecule has 1 aromatic rings. The highest BCUT2D eigenvalue weighted by molar-refractivity contribution is 6.17. The van der Waals surface area contributed by atoms with Crippen molar-refractivity contribution < 1.29 is 9.53 Å². The number of carbonyl (C=O) groups is 1. The number of carbonyl (C=O) groups excluding carboxylic acids is 1. The molecule has 0 bridgehead atoms. The zero-order chi connectivity index (χ0) is 14.0. The van der Waals surface area contributed by atoms with Gasteiger partial charge in [0.2, 0.25) is 0 Å². The van der Waals surface area contributed by atoms with Crippen LogP contribution in [-0.4, -0.2) is 25.7 Å². The first-order valence-corrected chi connectivity index (χ1v) is 6.38. The summed E-state index contributed by atoms with van der Waals surface area (Å²) in [6.07, 6.45) is 2.42. The molecule has 0 aromatic heterocycles. The first kappa shape index (κ1) is 13.5. The molecule has 100 valence electrons. The molecule has 0 heterocycles. The molecule has 0 amide bonds. The molecule has 0 aliphatic heterocycles. The zero-order valence-corrected chi connectivity index (χ0v) is 11.6. The molecule has 1 aliphatic rings. The van der Waals surface area contributed by atoms with E-state index in [0.717, 1.165) is 22.6 Å². The summed E-state index contributed by atoms with van der Waals surface area (Å²) in [4.78, 5) is 16.7. The van der Waals surface area contributed by atoms with Gasteiger partial charge in [-0.15, -0.1) is 6.58 Å². The molecule has 2 atom stereocenters. The number of methoxy groups -OCH3 is 1. The molecule has 1 fully saturated rings. The smallest absolute Gasteiger partial charge is 0.153 e. The minimum absolute atomic E-state index is 0.105. The molecule has 0 radical (unpaired) electrons. The lowest BCUT2D eigenvalue weighted by Crippen LogP contribution is -2.14. The molecule has 19 heavy (non-hydrogen) atoms. The van der Waals surface area contributed by atoms with E-state index in [9.17, 15) is 4.79 Å². The van der Waals surface area contributed by atoms with E-state index in [1.54, 1.807) is 20.2 Å². The minimum atomic E-state index is -0.224. The summed E-state index contributed by atoms with van der Waals surface area (Å²) >= 11 is 0. The van der Waals surface area contributed by atoms with Crippen LogP contribution in [0.4, 0.5) is 0 Å². The summed E-state index contributed by atoms with van der Waals surface area (Å²) in [5.74, 6) is 0.702. The van der Waals surface area contributed by atoms with Crippen molar-refractivity contribution in [3.05, 3.63) is 42.0 Å². The number of ketones is 1. The largest absolute Gasteiger partial charge is 0.496 e. The Labute approximate surface area is 114 Å². The van der Waals surface area contributed by atoms with Crippen LogP contribution in [0, 0.1) is 12.8 Å². The standard InChI is InChI=1S/C16H19NO2/c1-5-11-9-13(17-3)15(16(11)18)12-6-7-14(19-4)10(2)8-12/h5-8,11,15H,1,9H2,2-4H3. The van der Waals surface area contributed by atoms with Gasteiger partial charge < -0.3 is 4.74 Å². The Morgan fingerprint density at radius 2 is 2.21 bits per heavy atom.